The predicted octanol–water partition coefficient (Wildman–Crippen LogP) is -0.196. The molecule has 2 aromatic heterocycles. The lowest BCUT2D eigenvalue weighted by atomic mass is 10.4. The van der Waals surface area contributed by atoms with Gasteiger partial charge < -0.3 is 10.8 Å². The molecule has 0 radical (unpaired) electrons. The van der Waals surface area contributed by atoms with Gasteiger partial charge in [0.05, 0.1) is 0 Å². The molecule has 0 fully saturated rings. The fourth-order valence-corrected chi connectivity index (χ4v) is 1.04. The van der Waals surface area contributed by atoms with Gasteiger partial charge in [0, 0.05) is 0 Å². The zero-order valence-corrected chi connectivity index (χ0v) is 6.31. The molecule has 0 aliphatic rings. The van der Waals surface area contributed by atoms with Crippen molar-refractivity contribution >= 4 is 11.5 Å². The lowest BCUT2D eigenvalue weighted by Gasteiger charge is -1.93. The van der Waals surface area contributed by atoms with Crippen LogP contribution in [0.15, 0.2) is 18.2 Å². The fourth-order valence-electron chi connectivity index (χ4n) is 1.04. The third-order valence-corrected chi connectivity index (χ3v) is 1.57. The van der Waals surface area contributed by atoms with Crippen molar-refractivity contribution < 1.29 is 5.11 Å². The number of nitrogen functional groups attached to an aromatic ring is 1. The molecule has 0 aliphatic heterocycles. The molecule has 2 aromatic rings. The van der Waals surface area contributed by atoms with Crippen molar-refractivity contribution in [2.75, 3.05) is 5.73 Å². The van der Waals surface area contributed by atoms with Crippen LogP contribution in [0.3, 0.4) is 0 Å². The summed E-state index contributed by atoms with van der Waals surface area (Å²) >= 11 is 0. The Morgan fingerprint density at radius 1 is 1.50 bits per heavy atom. The lowest BCUT2D eigenvalue weighted by Crippen LogP contribution is -1.97. The van der Waals surface area contributed by atoms with Crippen LogP contribution in [0.4, 0.5) is 5.82 Å². The molecule has 5 heteroatoms. The van der Waals surface area contributed by atoms with Crippen LogP contribution >= 0.6 is 0 Å². The number of hydrogen-bond donors (Lipinski definition) is 2. The molecule has 0 aliphatic carbocycles. The number of nitrogens with zero attached hydrogens (tertiary/aromatic N) is 3. The Morgan fingerprint density at radius 2 is 2.33 bits per heavy atom. The number of aliphatic hydroxyl groups excluding tert-OH is 1. The average molecular weight is 164 g/mol. The first-order valence-corrected chi connectivity index (χ1v) is 3.52. The van der Waals surface area contributed by atoms with E-state index in [4.69, 9.17) is 10.8 Å². The maximum atomic E-state index is 8.75. The van der Waals surface area contributed by atoms with Crippen LogP contribution in [0.2, 0.25) is 0 Å². The Labute approximate surface area is 68.5 Å². The third kappa shape index (κ3) is 0.911. The first-order chi connectivity index (χ1) is 5.81. The van der Waals surface area contributed by atoms with Crippen molar-refractivity contribution in [3.05, 3.63) is 24.0 Å². The average Bonchev–Trinajstić information content (AvgIpc) is 2.49. The van der Waals surface area contributed by atoms with Crippen LogP contribution in [-0.2, 0) is 6.61 Å². The van der Waals surface area contributed by atoms with Crippen LogP contribution in [-0.4, -0.2) is 19.7 Å². The van der Waals surface area contributed by atoms with Gasteiger partial charge in [-0.2, -0.15) is 4.52 Å². The molecule has 0 saturated heterocycles. The van der Waals surface area contributed by atoms with Crippen molar-refractivity contribution in [1.82, 2.24) is 14.6 Å². The van der Waals surface area contributed by atoms with Gasteiger partial charge >= 0.3 is 0 Å². The molecule has 0 atom stereocenters. The first-order valence-electron chi connectivity index (χ1n) is 3.52. The Kier molecular flexibility index (Phi) is 1.44. The largest absolute Gasteiger partial charge is 0.388 e. The van der Waals surface area contributed by atoms with Gasteiger partial charge in [-0.15, -0.1) is 5.10 Å². The normalized spacial score (nSPS) is 10.8. The van der Waals surface area contributed by atoms with Gasteiger partial charge in [0.2, 0.25) is 0 Å². The number of fused-ring (bicyclic) bond motifs is 1. The van der Waals surface area contributed by atoms with E-state index in [1.165, 1.54) is 4.52 Å². The van der Waals surface area contributed by atoms with E-state index in [0.29, 0.717) is 17.3 Å². The van der Waals surface area contributed by atoms with E-state index in [0.717, 1.165) is 0 Å². The molecule has 0 unspecified atom stereocenters. The van der Waals surface area contributed by atoms with Gasteiger partial charge in [0.15, 0.2) is 11.5 Å². The highest BCUT2D eigenvalue weighted by Gasteiger charge is 2.02. The number of pyridine rings is 1. The topological polar surface area (TPSA) is 76.4 Å². The van der Waals surface area contributed by atoms with Gasteiger partial charge in [0.25, 0.3) is 0 Å². The van der Waals surface area contributed by atoms with Crippen LogP contribution in [0.25, 0.3) is 5.65 Å². The summed E-state index contributed by atoms with van der Waals surface area (Å²) in [5.41, 5.74) is 6.25. The van der Waals surface area contributed by atoms with Gasteiger partial charge in [-0.3, -0.25) is 0 Å². The molecule has 3 N–H and O–H groups in total. The van der Waals surface area contributed by atoms with Crippen molar-refractivity contribution in [2.24, 2.45) is 0 Å². The van der Waals surface area contributed by atoms with E-state index >= 15 is 0 Å². The second-order valence-corrected chi connectivity index (χ2v) is 2.41. The van der Waals surface area contributed by atoms with Gasteiger partial charge in [-0.1, -0.05) is 6.07 Å². The van der Waals surface area contributed by atoms with Gasteiger partial charge in [0.1, 0.15) is 12.4 Å². The van der Waals surface area contributed by atoms with E-state index < -0.39 is 0 Å². The molecule has 12 heavy (non-hydrogen) atoms. The van der Waals surface area contributed by atoms with E-state index in [1.807, 2.05) is 0 Å². The van der Waals surface area contributed by atoms with E-state index in [2.05, 4.69) is 10.1 Å². The Morgan fingerprint density at radius 3 is 3.00 bits per heavy atom. The van der Waals surface area contributed by atoms with Gasteiger partial charge in [-0.25, -0.2) is 4.98 Å². The Hall–Kier alpha value is -1.62. The van der Waals surface area contributed by atoms with Crippen LogP contribution in [0.1, 0.15) is 5.82 Å². The van der Waals surface area contributed by atoms with Crippen molar-refractivity contribution in [3.8, 4) is 0 Å². The lowest BCUT2D eigenvalue weighted by molar-refractivity contribution is 0.271. The smallest absolute Gasteiger partial charge is 0.177 e. The highest BCUT2D eigenvalue weighted by molar-refractivity contribution is 5.45. The summed E-state index contributed by atoms with van der Waals surface area (Å²) in [5.74, 6) is 0.896. The Balaban J connectivity index is 2.74. The highest BCUT2D eigenvalue weighted by Crippen LogP contribution is 2.06. The quantitative estimate of drug-likeness (QED) is 0.612. The molecular formula is C7H8N4O. The molecule has 0 spiro atoms. The van der Waals surface area contributed by atoms with E-state index in [9.17, 15) is 0 Å². The zero-order valence-electron chi connectivity index (χ0n) is 6.31. The Bertz CT molecular complexity index is 409. The molecule has 0 aromatic carbocycles. The number of aliphatic hydroxyl groups is 1. The second kappa shape index (κ2) is 2.46. The molecule has 0 saturated carbocycles. The molecule has 5 nitrogen and oxygen atoms in total. The van der Waals surface area contributed by atoms with Crippen LogP contribution in [0, 0.1) is 0 Å². The molecule has 0 bridgehead atoms. The summed E-state index contributed by atoms with van der Waals surface area (Å²) in [4.78, 5) is 4.01. The number of aromatic nitrogens is 3. The molecule has 62 valence electrons. The predicted molar refractivity (Wildman–Crippen MR) is 43.3 cm³/mol. The number of nitrogens with two attached hydrogens (primary N) is 1. The summed E-state index contributed by atoms with van der Waals surface area (Å²) < 4.78 is 1.49. The van der Waals surface area contributed by atoms with Crippen molar-refractivity contribution in [2.45, 2.75) is 6.61 Å². The minimum absolute atomic E-state index is 0.166. The monoisotopic (exact) mass is 164 g/mol. The summed E-state index contributed by atoms with van der Waals surface area (Å²) in [6, 6.07) is 5.30. The second-order valence-electron chi connectivity index (χ2n) is 2.41. The van der Waals surface area contributed by atoms with Crippen LogP contribution in [0.5, 0.6) is 0 Å². The summed E-state index contributed by atoms with van der Waals surface area (Å²) in [7, 11) is 0. The fraction of sp³-hybridized carbons (Fsp3) is 0.143. The van der Waals surface area contributed by atoms with Gasteiger partial charge in [-0.05, 0) is 12.1 Å². The SMILES string of the molecule is Nc1cccc2nc(CO)nn12. The molecular weight excluding hydrogens is 156 g/mol. The minimum Gasteiger partial charge on any atom is -0.388 e. The summed E-state index contributed by atoms with van der Waals surface area (Å²) in [6.07, 6.45) is 0. The number of hydrogen-bond acceptors (Lipinski definition) is 4. The van der Waals surface area contributed by atoms with E-state index in [-0.39, 0.29) is 6.61 Å². The number of anilines is 1. The van der Waals surface area contributed by atoms with E-state index in [1.54, 1.807) is 18.2 Å². The first kappa shape index (κ1) is 7.05. The van der Waals surface area contributed by atoms with Crippen LogP contribution < -0.4 is 5.73 Å². The molecule has 0 amide bonds. The standard InChI is InChI=1S/C7H8N4O/c8-5-2-1-3-7-9-6(4-12)10-11(5)7/h1-3,12H,4,8H2. The van der Waals surface area contributed by atoms with Crippen molar-refractivity contribution in [3.63, 3.8) is 0 Å². The highest BCUT2D eigenvalue weighted by atomic mass is 16.3. The summed E-state index contributed by atoms with van der Waals surface area (Å²) in [5, 5.41) is 12.7. The summed E-state index contributed by atoms with van der Waals surface area (Å²) in [6.45, 7) is -0.166. The third-order valence-electron chi connectivity index (χ3n) is 1.57. The van der Waals surface area contributed by atoms with Crippen molar-refractivity contribution in [1.29, 1.82) is 0 Å². The maximum absolute atomic E-state index is 8.75. The molecule has 2 heterocycles. The zero-order chi connectivity index (χ0) is 8.55. The minimum atomic E-state index is -0.166. The maximum Gasteiger partial charge on any atom is 0.177 e. The number of rotatable bonds is 1. The molecule has 2 rings (SSSR count).